The summed E-state index contributed by atoms with van der Waals surface area (Å²) in [6.07, 6.45) is -3.82. The zero-order valence-electron chi connectivity index (χ0n) is 40.5. The van der Waals surface area contributed by atoms with Crippen LogP contribution in [0.15, 0.2) is 194 Å². The molecule has 17 aromatic rings. The predicted molar refractivity (Wildman–Crippen MR) is 309 cm³/mol. The molecule has 0 aliphatic carbocycles. The van der Waals surface area contributed by atoms with E-state index in [4.69, 9.17) is 0 Å². The normalized spacial score (nSPS) is 14.5. The first-order valence-electron chi connectivity index (χ1n) is 25.8. The maximum atomic E-state index is 12.6. The van der Waals surface area contributed by atoms with E-state index in [1.165, 1.54) is 10.8 Å². The van der Waals surface area contributed by atoms with Gasteiger partial charge in [0.1, 0.15) is 35.9 Å². The van der Waals surface area contributed by atoms with Crippen molar-refractivity contribution in [1.29, 1.82) is 0 Å². The Labute approximate surface area is 432 Å². The fourth-order valence-electron chi connectivity index (χ4n) is 14.1. The Morgan fingerprint density at radius 3 is 0.632 bits per heavy atom. The third-order valence-electron chi connectivity index (χ3n) is 17.5. The molecule has 17 rings (SSSR count). The van der Waals surface area contributed by atoms with Crippen LogP contribution in [0.3, 0.4) is 0 Å². The monoisotopic (exact) mass is 978 g/mol. The zero-order valence-corrected chi connectivity index (χ0v) is 40.5. The van der Waals surface area contributed by atoms with Gasteiger partial charge >= 0.3 is 0 Å². The van der Waals surface area contributed by atoms with Gasteiger partial charge in [0.15, 0.2) is 0 Å². The van der Waals surface area contributed by atoms with Crippen molar-refractivity contribution in [2.24, 2.45) is 0 Å². The molecule has 0 spiro atoms. The van der Waals surface area contributed by atoms with Crippen LogP contribution in [0, 0.1) is 0 Å². The molecule has 6 N–H and O–H groups in total. The van der Waals surface area contributed by atoms with Crippen molar-refractivity contribution >= 4 is 129 Å². The first-order chi connectivity index (χ1) is 37.2. The van der Waals surface area contributed by atoms with Crippen LogP contribution >= 0.6 is 0 Å². The SMILES string of the molecule is Oc1ccc(C(O)c2cc3ccc4ccc5cc(C(O)c6ccc(C(O)c7cc8ccc9ccc%10cc(C(O)c%11ccc(O)cc%11)c%11ccc%12ccc7c7c8c9c%10c%11c%127)cc6)c6ccc7ccc2c2c3c4c5c6c72)cc1. The molecule has 0 heterocycles. The van der Waals surface area contributed by atoms with Gasteiger partial charge in [0, 0.05) is 0 Å². The second-order valence-electron chi connectivity index (χ2n) is 21.3. The number of phenols is 2. The molecule has 358 valence electrons. The van der Waals surface area contributed by atoms with Gasteiger partial charge in [0.2, 0.25) is 0 Å². The average molecular weight is 979 g/mol. The summed E-state index contributed by atoms with van der Waals surface area (Å²) in [5, 5.41) is 95.4. The Kier molecular flexibility index (Phi) is 8.22. The highest BCUT2D eigenvalue weighted by atomic mass is 16.3. The first kappa shape index (κ1) is 42.2. The highest BCUT2D eigenvalue weighted by Crippen LogP contribution is 2.54. The van der Waals surface area contributed by atoms with Crippen molar-refractivity contribution in [3.8, 4) is 11.5 Å². The summed E-state index contributed by atoms with van der Waals surface area (Å²) in [7, 11) is 0. The lowest BCUT2D eigenvalue weighted by Crippen LogP contribution is -2.06. The van der Waals surface area contributed by atoms with E-state index in [2.05, 4.69) is 121 Å². The molecule has 0 bridgehead atoms. The quantitative estimate of drug-likeness (QED) is 0.0666. The number of aromatic hydroxyl groups is 2. The number of benzene rings is 17. The molecular weight excluding hydrogens is 937 g/mol. The maximum Gasteiger partial charge on any atom is 0.115 e. The topological polar surface area (TPSA) is 121 Å². The third kappa shape index (κ3) is 5.42. The molecule has 76 heavy (non-hydrogen) atoms. The van der Waals surface area contributed by atoms with Crippen LogP contribution in [0.4, 0.5) is 0 Å². The summed E-state index contributed by atoms with van der Waals surface area (Å²) < 4.78 is 0. The molecule has 0 saturated heterocycles. The van der Waals surface area contributed by atoms with Crippen LogP contribution in [-0.4, -0.2) is 30.6 Å². The maximum absolute atomic E-state index is 12.6. The molecule has 4 unspecified atom stereocenters. The molecule has 4 atom stereocenters. The van der Waals surface area contributed by atoms with E-state index in [9.17, 15) is 30.6 Å². The van der Waals surface area contributed by atoms with E-state index in [0.717, 1.165) is 141 Å². The molecule has 6 heteroatoms. The number of aliphatic hydroxyl groups excluding tert-OH is 4. The van der Waals surface area contributed by atoms with E-state index in [1.807, 2.05) is 24.3 Å². The van der Waals surface area contributed by atoms with Crippen LogP contribution in [0.25, 0.3) is 129 Å². The number of aliphatic hydroxyl groups is 4. The Morgan fingerprint density at radius 2 is 0.382 bits per heavy atom. The fourth-order valence-corrected chi connectivity index (χ4v) is 14.1. The molecule has 17 aromatic carbocycles. The second-order valence-corrected chi connectivity index (χ2v) is 21.3. The summed E-state index contributed by atoms with van der Waals surface area (Å²) in [5.74, 6) is 0.292. The van der Waals surface area contributed by atoms with Gasteiger partial charge in [0.05, 0.1) is 0 Å². The number of rotatable bonds is 8. The van der Waals surface area contributed by atoms with Crippen molar-refractivity contribution in [3.63, 3.8) is 0 Å². The standard InChI is InChI=1S/C70H42O6/c71-45-21-13-39(14-22-45)69(75)53-31-43-11-3-33-1-9-41-29-51(47-25-17-35-19-27-49(53)65-57(35)63(47)59(41)55(33)61(43)65)67(73)37-5-7-38(8-6-37)68(74)52-30-42-10-2-34-4-12-44-32-54(70(76)40-15-23-46(72)24-16-40)50-28-20-36-18-26-48(52)64-58(36)66(50)62(44)56(34)60(42)64/h1-32,67-76H. The molecule has 0 aliphatic rings. The van der Waals surface area contributed by atoms with Gasteiger partial charge in [-0.05, 0) is 222 Å². The average Bonchev–Trinajstić information content (AvgIpc) is 3.56. The number of hydrogen-bond donors (Lipinski definition) is 6. The van der Waals surface area contributed by atoms with E-state index < -0.39 is 24.4 Å². The van der Waals surface area contributed by atoms with Crippen LogP contribution in [0.5, 0.6) is 11.5 Å². The van der Waals surface area contributed by atoms with Crippen LogP contribution in [0.2, 0.25) is 0 Å². The molecule has 0 saturated carbocycles. The fraction of sp³-hybridized carbons (Fsp3) is 0.0571. The third-order valence-corrected chi connectivity index (χ3v) is 17.5. The molecule has 0 amide bonds. The Morgan fingerprint density at radius 1 is 0.197 bits per heavy atom. The molecule has 0 aliphatic heterocycles. The lowest BCUT2D eigenvalue weighted by molar-refractivity contribution is 0.218. The van der Waals surface area contributed by atoms with Gasteiger partial charge in [0.25, 0.3) is 0 Å². The van der Waals surface area contributed by atoms with Crippen molar-refractivity contribution in [3.05, 3.63) is 239 Å². The highest BCUT2D eigenvalue weighted by molar-refractivity contribution is 6.46. The van der Waals surface area contributed by atoms with E-state index in [1.54, 1.807) is 48.5 Å². The van der Waals surface area contributed by atoms with Gasteiger partial charge < -0.3 is 30.6 Å². The van der Waals surface area contributed by atoms with E-state index in [0.29, 0.717) is 22.3 Å². The van der Waals surface area contributed by atoms with Crippen LogP contribution in [-0.2, 0) is 0 Å². The van der Waals surface area contributed by atoms with Crippen molar-refractivity contribution in [2.45, 2.75) is 24.4 Å². The van der Waals surface area contributed by atoms with Gasteiger partial charge in [-0.2, -0.15) is 0 Å². The van der Waals surface area contributed by atoms with Crippen LogP contribution in [0.1, 0.15) is 68.9 Å². The van der Waals surface area contributed by atoms with Crippen molar-refractivity contribution in [1.82, 2.24) is 0 Å². The van der Waals surface area contributed by atoms with Gasteiger partial charge in [-0.25, -0.2) is 0 Å². The zero-order chi connectivity index (χ0) is 50.6. The lowest BCUT2D eigenvalue weighted by atomic mass is 9.79. The smallest absolute Gasteiger partial charge is 0.115 e. The largest absolute Gasteiger partial charge is 0.508 e. The molecule has 0 fully saturated rings. The summed E-state index contributed by atoms with van der Waals surface area (Å²) in [6, 6.07) is 64.2. The summed E-state index contributed by atoms with van der Waals surface area (Å²) >= 11 is 0. The van der Waals surface area contributed by atoms with Gasteiger partial charge in [-0.15, -0.1) is 0 Å². The van der Waals surface area contributed by atoms with E-state index >= 15 is 0 Å². The molecular formula is C70H42O6. The minimum atomic E-state index is -0.987. The number of phenolic OH excluding ortho intramolecular Hbond substituents is 2. The van der Waals surface area contributed by atoms with Gasteiger partial charge in [-0.3, -0.25) is 0 Å². The second kappa shape index (κ2) is 14.8. The Balaban J connectivity index is 0.805. The summed E-state index contributed by atoms with van der Waals surface area (Å²) in [6.45, 7) is 0. The molecule has 0 radical (unpaired) electrons. The van der Waals surface area contributed by atoms with Gasteiger partial charge in [-0.1, -0.05) is 146 Å². The Hall–Kier alpha value is -9.14. The molecule has 6 nitrogen and oxygen atoms in total. The first-order valence-corrected chi connectivity index (χ1v) is 25.8. The van der Waals surface area contributed by atoms with E-state index in [-0.39, 0.29) is 11.5 Å². The number of hydrogen-bond acceptors (Lipinski definition) is 6. The predicted octanol–water partition coefficient (Wildman–Crippen LogP) is 15.9. The highest BCUT2D eigenvalue weighted by Gasteiger charge is 2.29. The van der Waals surface area contributed by atoms with Crippen LogP contribution < -0.4 is 0 Å². The Bertz CT molecular complexity index is 4850. The minimum absolute atomic E-state index is 0.146. The minimum Gasteiger partial charge on any atom is -0.508 e. The molecule has 0 aromatic heterocycles. The summed E-state index contributed by atoms with van der Waals surface area (Å²) in [4.78, 5) is 0. The van der Waals surface area contributed by atoms with Crippen molar-refractivity contribution < 1.29 is 30.6 Å². The lowest BCUT2D eigenvalue weighted by Gasteiger charge is -2.25. The summed E-state index contributed by atoms with van der Waals surface area (Å²) in [5.41, 5.74) is 5.98. The van der Waals surface area contributed by atoms with Crippen molar-refractivity contribution in [2.75, 3.05) is 0 Å².